The fraction of sp³-hybridized carbons (Fsp3) is 0.259. The summed E-state index contributed by atoms with van der Waals surface area (Å²) in [4.78, 5) is 25.4. The molecule has 3 rings (SSSR count). The Labute approximate surface area is 193 Å². The molecule has 3 aromatic rings. The molecule has 0 aliphatic rings. The van der Waals surface area contributed by atoms with Crippen LogP contribution in [0.3, 0.4) is 0 Å². The number of hydrogen-bond acceptors (Lipinski definition) is 6. The van der Waals surface area contributed by atoms with E-state index in [1.54, 1.807) is 48.5 Å². The second-order valence-corrected chi connectivity index (χ2v) is 7.85. The van der Waals surface area contributed by atoms with Gasteiger partial charge in [0.1, 0.15) is 17.9 Å². The molecule has 0 N–H and O–H groups in total. The Morgan fingerprint density at radius 3 is 2.45 bits per heavy atom. The molecule has 0 atom stereocenters. The second-order valence-electron chi connectivity index (χ2n) is 7.85. The van der Waals surface area contributed by atoms with Crippen LogP contribution >= 0.6 is 0 Å². The van der Waals surface area contributed by atoms with E-state index < -0.39 is 11.6 Å². The quantitative estimate of drug-likeness (QED) is 0.224. The molecule has 1 heterocycles. The molecule has 2 aromatic carbocycles. The molecular formula is C27H28O6. The fourth-order valence-electron chi connectivity index (χ4n) is 3.18. The van der Waals surface area contributed by atoms with Crippen LogP contribution in [-0.2, 0) is 0 Å². The van der Waals surface area contributed by atoms with Crippen molar-refractivity contribution in [2.45, 2.75) is 33.6 Å². The highest BCUT2D eigenvalue weighted by Gasteiger charge is 2.22. The van der Waals surface area contributed by atoms with Crippen LogP contribution in [0.1, 0.15) is 44.0 Å². The smallest absolute Gasteiger partial charge is 0.383 e. The van der Waals surface area contributed by atoms with Crippen molar-refractivity contribution in [1.29, 1.82) is 0 Å². The lowest BCUT2D eigenvalue weighted by atomic mass is 10.1. The van der Waals surface area contributed by atoms with Gasteiger partial charge in [0, 0.05) is 6.07 Å². The van der Waals surface area contributed by atoms with Crippen LogP contribution in [0.4, 0.5) is 0 Å². The van der Waals surface area contributed by atoms with E-state index in [1.807, 2.05) is 13.0 Å². The number of rotatable bonds is 9. The zero-order chi connectivity index (χ0) is 23.8. The summed E-state index contributed by atoms with van der Waals surface area (Å²) >= 11 is 0. The number of carbonyl (C=O) groups excluding carboxylic acids is 1. The van der Waals surface area contributed by atoms with Crippen LogP contribution in [0.2, 0.25) is 0 Å². The first-order valence-electron chi connectivity index (χ1n) is 10.7. The Hall–Kier alpha value is -3.80. The third kappa shape index (κ3) is 6.35. The number of methoxy groups -OCH3 is 1. The van der Waals surface area contributed by atoms with Crippen LogP contribution in [0.5, 0.6) is 17.2 Å². The highest BCUT2D eigenvalue weighted by molar-refractivity contribution is 5.93. The predicted molar refractivity (Wildman–Crippen MR) is 128 cm³/mol. The first-order chi connectivity index (χ1) is 15.9. The molecule has 0 saturated carbocycles. The maximum absolute atomic E-state index is 12.7. The van der Waals surface area contributed by atoms with Crippen molar-refractivity contribution < 1.29 is 23.4 Å². The van der Waals surface area contributed by atoms with Crippen LogP contribution in [0, 0.1) is 0 Å². The maximum Gasteiger partial charge on any atom is 0.383 e. The van der Waals surface area contributed by atoms with E-state index in [0.29, 0.717) is 16.7 Å². The van der Waals surface area contributed by atoms with E-state index in [1.165, 1.54) is 12.7 Å². The average Bonchev–Trinajstić information content (AvgIpc) is 2.80. The number of benzene rings is 2. The molecule has 0 amide bonds. The van der Waals surface area contributed by atoms with Crippen molar-refractivity contribution in [3.63, 3.8) is 0 Å². The fourth-order valence-corrected chi connectivity index (χ4v) is 3.18. The number of fused-ring (bicyclic) bond motifs is 1. The lowest BCUT2D eigenvalue weighted by Gasteiger charge is -2.13. The number of esters is 1. The predicted octanol–water partition coefficient (Wildman–Crippen LogP) is 6.09. The minimum atomic E-state index is -0.806. The van der Waals surface area contributed by atoms with E-state index in [4.69, 9.17) is 18.6 Å². The van der Waals surface area contributed by atoms with Gasteiger partial charge in [-0.15, -0.1) is 0 Å². The molecule has 0 radical (unpaired) electrons. The van der Waals surface area contributed by atoms with Gasteiger partial charge in [0.25, 0.3) is 5.75 Å². The van der Waals surface area contributed by atoms with Gasteiger partial charge in [-0.3, -0.25) is 0 Å². The molecule has 0 spiro atoms. The van der Waals surface area contributed by atoms with Crippen molar-refractivity contribution in [3.05, 3.63) is 87.8 Å². The van der Waals surface area contributed by atoms with Crippen molar-refractivity contribution in [2.75, 3.05) is 13.7 Å². The largest absolute Gasteiger partial charge is 0.497 e. The third-order valence-electron chi connectivity index (χ3n) is 4.98. The van der Waals surface area contributed by atoms with Gasteiger partial charge in [0.05, 0.1) is 18.1 Å². The molecule has 6 nitrogen and oxygen atoms in total. The molecule has 6 heteroatoms. The standard InChI is InChI=1S/C27H28O6/c1-18(2)9-8-10-19(3)15-16-31-24-22-14-13-21(30-4)17-23(22)32-27(29)25(24)33-26(28)20-11-6-5-7-12-20/h5-7,9,11-15,17H,8,10,16H2,1-4H3. The molecule has 0 bridgehead atoms. The zero-order valence-corrected chi connectivity index (χ0v) is 19.3. The summed E-state index contributed by atoms with van der Waals surface area (Å²) in [6.45, 7) is 6.38. The van der Waals surface area contributed by atoms with Gasteiger partial charge in [0.2, 0.25) is 0 Å². The molecular weight excluding hydrogens is 420 g/mol. The summed E-state index contributed by atoms with van der Waals surface area (Å²) in [7, 11) is 1.52. The summed E-state index contributed by atoms with van der Waals surface area (Å²) in [5, 5.41) is 0.502. The van der Waals surface area contributed by atoms with E-state index in [-0.39, 0.29) is 23.7 Å². The minimum absolute atomic E-state index is 0.154. The van der Waals surface area contributed by atoms with Crippen molar-refractivity contribution in [1.82, 2.24) is 0 Å². The van der Waals surface area contributed by atoms with Gasteiger partial charge < -0.3 is 18.6 Å². The molecule has 172 valence electrons. The Balaban J connectivity index is 1.93. The first kappa shape index (κ1) is 23.9. The van der Waals surface area contributed by atoms with Gasteiger partial charge in [-0.25, -0.2) is 9.59 Å². The van der Waals surface area contributed by atoms with Crippen LogP contribution in [0.15, 0.2) is 81.0 Å². The molecule has 1 aromatic heterocycles. The average molecular weight is 449 g/mol. The highest BCUT2D eigenvalue weighted by Crippen LogP contribution is 2.35. The molecule has 0 unspecified atom stereocenters. The second kappa shape index (κ2) is 11.2. The topological polar surface area (TPSA) is 75.0 Å². The van der Waals surface area contributed by atoms with Crippen molar-refractivity contribution in [3.8, 4) is 17.2 Å². The summed E-state index contributed by atoms with van der Waals surface area (Å²) in [6, 6.07) is 13.4. The van der Waals surface area contributed by atoms with Gasteiger partial charge >= 0.3 is 11.6 Å². The van der Waals surface area contributed by atoms with Crippen molar-refractivity contribution >= 4 is 16.9 Å². The lowest BCUT2D eigenvalue weighted by Crippen LogP contribution is -2.16. The molecule has 33 heavy (non-hydrogen) atoms. The monoisotopic (exact) mass is 448 g/mol. The number of carbonyl (C=O) groups is 1. The van der Waals surface area contributed by atoms with E-state index in [2.05, 4.69) is 19.9 Å². The van der Waals surface area contributed by atoms with Gasteiger partial charge in [-0.2, -0.15) is 0 Å². The summed E-state index contributed by atoms with van der Waals surface area (Å²) in [6.07, 6.45) is 5.98. The van der Waals surface area contributed by atoms with E-state index in [0.717, 1.165) is 18.4 Å². The first-order valence-corrected chi connectivity index (χ1v) is 10.7. The summed E-state index contributed by atoms with van der Waals surface area (Å²) in [5.41, 5.74) is 2.22. The van der Waals surface area contributed by atoms with Crippen LogP contribution in [0.25, 0.3) is 11.0 Å². The number of hydrogen-bond donors (Lipinski definition) is 0. The minimum Gasteiger partial charge on any atom is -0.497 e. The highest BCUT2D eigenvalue weighted by atomic mass is 16.6. The molecule has 0 saturated heterocycles. The SMILES string of the molecule is COc1ccc2c(OCC=C(C)CCC=C(C)C)c(OC(=O)c3ccccc3)c(=O)oc2c1. The van der Waals surface area contributed by atoms with E-state index >= 15 is 0 Å². The zero-order valence-electron chi connectivity index (χ0n) is 19.3. The number of ether oxygens (including phenoxy) is 3. The molecule has 0 aliphatic carbocycles. The van der Waals surface area contributed by atoms with Gasteiger partial charge in [0.15, 0.2) is 5.75 Å². The Bertz CT molecular complexity index is 1230. The Kier molecular flexibility index (Phi) is 8.08. The molecule has 0 aliphatic heterocycles. The maximum atomic E-state index is 12.7. The summed E-state index contributed by atoms with van der Waals surface area (Å²) in [5.74, 6) is -0.270. The number of allylic oxidation sites excluding steroid dienone is 3. The van der Waals surface area contributed by atoms with Crippen LogP contribution in [-0.4, -0.2) is 19.7 Å². The van der Waals surface area contributed by atoms with E-state index in [9.17, 15) is 9.59 Å². The Morgan fingerprint density at radius 1 is 1.00 bits per heavy atom. The van der Waals surface area contributed by atoms with Crippen molar-refractivity contribution in [2.24, 2.45) is 0 Å². The normalized spacial score (nSPS) is 11.2. The lowest BCUT2D eigenvalue weighted by molar-refractivity contribution is 0.0722. The van der Waals surface area contributed by atoms with Gasteiger partial charge in [-0.05, 0) is 64.0 Å². The van der Waals surface area contributed by atoms with Gasteiger partial charge in [-0.1, -0.05) is 35.4 Å². The summed E-state index contributed by atoms with van der Waals surface area (Å²) < 4.78 is 22.0. The third-order valence-corrected chi connectivity index (χ3v) is 4.98. The van der Waals surface area contributed by atoms with Crippen LogP contribution < -0.4 is 19.8 Å². The molecule has 0 fully saturated rings. The Morgan fingerprint density at radius 2 is 1.76 bits per heavy atom.